The summed E-state index contributed by atoms with van der Waals surface area (Å²) in [6.45, 7) is 28.7. The van der Waals surface area contributed by atoms with Crippen molar-refractivity contribution in [3.8, 4) is 0 Å². The van der Waals surface area contributed by atoms with Crippen molar-refractivity contribution < 1.29 is 8.83 Å². The summed E-state index contributed by atoms with van der Waals surface area (Å²) in [5.41, 5.74) is 22.1. The number of fused-ring (bicyclic) bond motifs is 11. The van der Waals surface area contributed by atoms with Gasteiger partial charge in [0, 0.05) is 33.5 Å². The molecule has 4 nitrogen and oxygen atoms in total. The molecule has 64 heavy (non-hydrogen) atoms. The molecule has 6 aromatic carbocycles. The number of hydrogen-bond donors (Lipinski definition) is 0. The highest BCUT2D eigenvalue weighted by atomic mass is 16.3. The second-order valence-corrected chi connectivity index (χ2v) is 23.6. The van der Waals surface area contributed by atoms with Gasteiger partial charge in [-0.15, -0.1) is 0 Å². The molecule has 2 aromatic heterocycles. The minimum Gasteiger partial charge on any atom is -0.468 e. The minimum atomic E-state index is -0.131. The van der Waals surface area contributed by atoms with E-state index in [-0.39, 0.29) is 33.8 Å². The van der Waals surface area contributed by atoms with E-state index in [0.717, 1.165) is 62.8 Å². The zero-order chi connectivity index (χ0) is 44.6. The number of anilines is 6. The zero-order valence-electron chi connectivity index (χ0n) is 39.9. The van der Waals surface area contributed by atoms with Crippen molar-refractivity contribution in [1.82, 2.24) is 0 Å². The average Bonchev–Trinajstić information content (AvgIpc) is 3.82. The third-order valence-corrected chi connectivity index (χ3v) is 16.4. The Bertz CT molecular complexity index is 3310. The first-order valence-corrected chi connectivity index (χ1v) is 23.8. The SMILES string of the molecule is Cc1cc2c3c(c1)N(c1cccc4oc5ccccc5c14)c1c(oc4ccc(C(C)(C)C)cc14)B3c1cc3c(cc1N2c1ccc2c(c1)C(C)(C)CCC2(C)C)C(C)(C)CCC3(C)C. The van der Waals surface area contributed by atoms with Gasteiger partial charge in [0.2, 0.25) is 0 Å². The van der Waals surface area contributed by atoms with Crippen LogP contribution < -0.4 is 26.4 Å². The minimum absolute atomic E-state index is 0.0273. The molecule has 0 unspecified atom stereocenters. The zero-order valence-corrected chi connectivity index (χ0v) is 39.9. The number of nitrogens with zero attached hydrogens (tertiary/aromatic N) is 2. The quantitative estimate of drug-likeness (QED) is 0.162. The molecule has 0 saturated heterocycles. The molecule has 12 rings (SSSR count). The number of furan rings is 2. The molecule has 0 atom stereocenters. The molecule has 4 heterocycles. The van der Waals surface area contributed by atoms with Crippen LogP contribution in [0.2, 0.25) is 0 Å². The van der Waals surface area contributed by atoms with Gasteiger partial charge < -0.3 is 18.6 Å². The fourth-order valence-electron chi connectivity index (χ4n) is 12.3. The molecule has 0 radical (unpaired) electrons. The summed E-state index contributed by atoms with van der Waals surface area (Å²) in [5.74, 6) is 0. The lowest BCUT2D eigenvalue weighted by atomic mass is 9.35. The molecule has 0 fully saturated rings. The second kappa shape index (κ2) is 12.8. The van der Waals surface area contributed by atoms with E-state index in [0.29, 0.717) is 0 Å². The Morgan fingerprint density at radius 3 is 1.83 bits per heavy atom. The summed E-state index contributed by atoms with van der Waals surface area (Å²) < 4.78 is 14.1. The van der Waals surface area contributed by atoms with Gasteiger partial charge in [-0.1, -0.05) is 119 Å². The topological polar surface area (TPSA) is 32.8 Å². The Balaban J connectivity index is 1.23. The van der Waals surface area contributed by atoms with E-state index in [1.807, 2.05) is 0 Å². The van der Waals surface area contributed by atoms with Crippen molar-refractivity contribution in [1.29, 1.82) is 0 Å². The van der Waals surface area contributed by atoms with Crippen LogP contribution in [0, 0.1) is 6.92 Å². The van der Waals surface area contributed by atoms with Gasteiger partial charge in [0.05, 0.1) is 22.4 Å². The van der Waals surface area contributed by atoms with Gasteiger partial charge >= 0.3 is 0 Å². The standard InChI is InChI=1S/C59H61BN2O2/c1-34-28-46-52-47(29-34)62(44-17-15-19-50-51(44)37-16-13-14-18-48(37)63-50)53-38-30-35(55(2,3)4)20-23-49(38)64-54(53)60(52)43-32-41-42(59(11,12)27-26-58(41,9)10)33-45(43)61(46)36-21-22-39-40(31-36)57(7,8)25-24-56(39,5)6/h13-23,28-33H,24-27H2,1-12H3. The second-order valence-electron chi connectivity index (χ2n) is 23.6. The van der Waals surface area contributed by atoms with Gasteiger partial charge in [0.15, 0.2) is 0 Å². The Morgan fingerprint density at radius 2 is 1.12 bits per heavy atom. The smallest absolute Gasteiger partial charge is 0.297 e. The summed E-state index contributed by atoms with van der Waals surface area (Å²) in [6, 6.07) is 39.5. The van der Waals surface area contributed by atoms with Crippen LogP contribution in [0.4, 0.5) is 34.1 Å². The molecule has 4 aliphatic rings. The maximum Gasteiger partial charge on any atom is 0.297 e. The molecule has 2 aliphatic heterocycles. The summed E-state index contributed by atoms with van der Waals surface area (Å²) >= 11 is 0. The monoisotopic (exact) mass is 840 g/mol. The maximum absolute atomic E-state index is 7.45. The first-order chi connectivity index (χ1) is 30.2. The molecule has 0 spiro atoms. The fraction of sp³-hybridized carbons (Fsp3) is 0.356. The lowest BCUT2D eigenvalue weighted by Gasteiger charge is -2.47. The highest BCUT2D eigenvalue weighted by Crippen LogP contribution is 2.54. The predicted octanol–water partition coefficient (Wildman–Crippen LogP) is 14.7. The number of rotatable bonds is 2. The third-order valence-electron chi connectivity index (χ3n) is 16.4. The van der Waals surface area contributed by atoms with Crippen LogP contribution >= 0.6 is 0 Å². The molecular weight excluding hydrogens is 779 g/mol. The fourth-order valence-corrected chi connectivity index (χ4v) is 12.3. The number of benzene rings is 6. The van der Waals surface area contributed by atoms with E-state index in [1.54, 1.807) is 0 Å². The number of para-hydroxylation sites is 1. The largest absolute Gasteiger partial charge is 0.468 e. The Morgan fingerprint density at radius 1 is 0.516 bits per heavy atom. The molecule has 0 saturated carbocycles. The summed E-state index contributed by atoms with van der Waals surface area (Å²) in [7, 11) is 0. The van der Waals surface area contributed by atoms with Crippen LogP contribution in [-0.2, 0) is 27.1 Å². The van der Waals surface area contributed by atoms with E-state index < -0.39 is 0 Å². The molecule has 0 amide bonds. The lowest BCUT2D eigenvalue weighted by molar-refractivity contribution is 0.332. The Kier molecular flexibility index (Phi) is 7.96. The molecule has 8 aromatic rings. The van der Waals surface area contributed by atoms with Gasteiger partial charge in [-0.25, -0.2) is 0 Å². The van der Waals surface area contributed by atoms with Crippen LogP contribution in [0.3, 0.4) is 0 Å². The molecule has 0 N–H and O–H groups in total. The third kappa shape index (κ3) is 5.48. The molecule has 2 aliphatic carbocycles. The van der Waals surface area contributed by atoms with Crippen molar-refractivity contribution in [3.05, 3.63) is 137 Å². The first kappa shape index (κ1) is 39.9. The molecular formula is C59H61BN2O2. The Labute approximate surface area is 379 Å². The van der Waals surface area contributed by atoms with Crippen LogP contribution in [0.25, 0.3) is 32.9 Å². The predicted molar refractivity (Wildman–Crippen MR) is 272 cm³/mol. The van der Waals surface area contributed by atoms with Crippen molar-refractivity contribution in [2.24, 2.45) is 0 Å². The molecule has 0 bridgehead atoms. The van der Waals surface area contributed by atoms with Gasteiger partial charge in [0.1, 0.15) is 16.7 Å². The molecule has 5 heteroatoms. The van der Waals surface area contributed by atoms with Crippen LogP contribution in [-0.4, -0.2) is 6.71 Å². The van der Waals surface area contributed by atoms with Crippen LogP contribution in [0.15, 0.2) is 112 Å². The highest BCUT2D eigenvalue weighted by molar-refractivity contribution is 7.00. The summed E-state index contributed by atoms with van der Waals surface area (Å²) in [6.07, 6.45) is 4.66. The van der Waals surface area contributed by atoms with Crippen molar-refractivity contribution in [2.45, 2.75) is 136 Å². The van der Waals surface area contributed by atoms with E-state index in [4.69, 9.17) is 8.83 Å². The van der Waals surface area contributed by atoms with E-state index in [1.165, 1.54) is 79.9 Å². The Hall–Kier alpha value is -5.68. The van der Waals surface area contributed by atoms with Crippen LogP contribution in [0.1, 0.15) is 135 Å². The number of aryl methyl sites for hydroxylation is 1. The van der Waals surface area contributed by atoms with E-state index in [9.17, 15) is 0 Å². The first-order valence-electron chi connectivity index (χ1n) is 23.8. The summed E-state index contributed by atoms with van der Waals surface area (Å²) in [5, 5.41) is 3.37. The average molecular weight is 841 g/mol. The van der Waals surface area contributed by atoms with Gasteiger partial charge in [-0.2, -0.15) is 0 Å². The van der Waals surface area contributed by atoms with Crippen LogP contribution in [0.5, 0.6) is 0 Å². The normalized spacial score (nSPS) is 18.8. The van der Waals surface area contributed by atoms with Gasteiger partial charge in [-0.3, -0.25) is 0 Å². The highest BCUT2D eigenvalue weighted by Gasteiger charge is 2.50. The van der Waals surface area contributed by atoms with Crippen molar-refractivity contribution in [3.63, 3.8) is 0 Å². The van der Waals surface area contributed by atoms with E-state index >= 15 is 0 Å². The number of hydrogen-bond acceptors (Lipinski definition) is 4. The van der Waals surface area contributed by atoms with Crippen molar-refractivity contribution >= 4 is 90.3 Å². The van der Waals surface area contributed by atoms with Crippen molar-refractivity contribution in [2.75, 3.05) is 9.80 Å². The maximum atomic E-state index is 7.45. The van der Waals surface area contributed by atoms with E-state index in [2.05, 4.69) is 196 Å². The summed E-state index contributed by atoms with van der Waals surface area (Å²) in [4.78, 5) is 5.19. The molecule has 322 valence electrons. The lowest BCUT2D eigenvalue weighted by Crippen LogP contribution is -2.61. The van der Waals surface area contributed by atoms with Gasteiger partial charge in [0.25, 0.3) is 6.71 Å². The van der Waals surface area contributed by atoms with Gasteiger partial charge in [-0.05, 0) is 165 Å².